The zero-order chi connectivity index (χ0) is 12.6. The van der Waals surface area contributed by atoms with Crippen molar-refractivity contribution in [2.45, 2.75) is 19.9 Å². The Hall–Kier alpha value is -0.900. The van der Waals surface area contributed by atoms with Gasteiger partial charge in [-0.25, -0.2) is 0 Å². The molecule has 18 heavy (non-hydrogen) atoms. The molecule has 1 saturated heterocycles. The van der Waals surface area contributed by atoms with Gasteiger partial charge in [0.1, 0.15) is 0 Å². The molecule has 1 aliphatic heterocycles. The fourth-order valence-corrected chi connectivity index (χ4v) is 2.19. The van der Waals surface area contributed by atoms with Crippen molar-refractivity contribution in [3.8, 4) is 0 Å². The average molecular weight is 248 g/mol. The summed E-state index contributed by atoms with van der Waals surface area (Å²) in [5.74, 6) is 0. The van der Waals surface area contributed by atoms with E-state index in [2.05, 4.69) is 41.4 Å². The van der Waals surface area contributed by atoms with E-state index in [1.165, 1.54) is 24.1 Å². The molecule has 0 amide bonds. The maximum atomic E-state index is 5.34. The maximum absolute atomic E-state index is 5.34. The van der Waals surface area contributed by atoms with Gasteiger partial charge in [0.25, 0.3) is 0 Å². The number of benzene rings is 1. The lowest BCUT2D eigenvalue weighted by molar-refractivity contribution is 0.0374. The molecule has 0 aromatic heterocycles. The molecule has 0 spiro atoms. The SMILES string of the molecule is Cc1ccc(CNCCCN2CCOCC2)cc1. The summed E-state index contributed by atoms with van der Waals surface area (Å²) in [4.78, 5) is 2.48. The van der Waals surface area contributed by atoms with Gasteiger partial charge in [-0.15, -0.1) is 0 Å². The van der Waals surface area contributed by atoms with Crippen molar-refractivity contribution >= 4 is 0 Å². The molecular formula is C15H24N2O. The zero-order valence-electron chi connectivity index (χ0n) is 11.3. The van der Waals surface area contributed by atoms with Crippen LogP contribution in [0.2, 0.25) is 0 Å². The van der Waals surface area contributed by atoms with Crippen LogP contribution in [0.15, 0.2) is 24.3 Å². The molecule has 1 N–H and O–H groups in total. The predicted molar refractivity (Wildman–Crippen MR) is 74.8 cm³/mol. The van der Waals surface area contributed by atoms with Crippen LogP contribution in [0.5, 0.6) is 0 Å². The van der Waals surface area contributed by atoms with Gasteiger partial charge in [-0.1, -0.05) is 29.8 Å². The highest BCUT2D eigenvalue weighted by Gasteiger charge is 2.08. The monoisotopic (exact) mass is 248 g/mol. The first-order valence-electron chi connectivity index (χ1n) is 6.91. The Morgan fingerprint density at radius 2 is 1.89 bits per heavy atom. The highest BCUT2D eigenvalue weighted by Crippen LogP contribution is 2.02. The van der Waals surface area contributed by atoms with Gasteiger partial charge in [0.2, 0.25) is 0 Å². The summed E-state index contributed by atoms with van der Waals surface area (Å²) < 4.78 is 5.34. The van der Waals surface area contributed by atoms with Crippen LogP contribution in [0.3, 0.4) is 0 Å². The summed E-state index contributed by atoms with van der Waals surface area (Å²) in [5.41, 5.74) is 2.69. The molecule has 2 rings (SSSR count). The van der Waals surface area contributed by atoms with Crippen molar-refractivity contribution in [3.05, 3.63) is 35.4 Å². The zero-order valence-corrected chi connectivity index (χ0v) is 11.3. The standard InChI is InChI=1S/C15H24N2O/c1-14-3-5-15(6-4-14)13-16-7-2-8-17-9-11-18-12-10-17/h3-6,16H,2,7-13H2,1H3. The van der Waals surface area contributed by atoms with Gasteiger partial charge in [0.15, 0.2) is 0 Å². The number of aryl methyl sites for hydroxylation is 1. The molecule has 0 atom stereocenters. The van der Waals surface area contributed by atoms with Crippen molar-refractivity contribution < 1.29 is 4.74 Å². The van der Waals surface area contributed by atoms with E-state index in [1.807, 2.05) is 0 Å². The second kappa shape index (κ2) is 7.52. The second-order valence-corrected chi connectivity index (χ2v) is 4.97. The number of hydrogen-bond donors (Lipinski definition) is 1. The van der Waals surface area contributed by atoms with E-state index in [4.69, 9.17) is 4.74 Å². The topological polar surface area (TPSA) is 24.5 Å². The Balaban J connectivity index is 1.54. The Bertz CT molecular complexity index is 331. The molecule has 1 heterocycles. The third-order valence-electron chi connectivity index (χ3n) is 3.38. The minimum Gasteiger partial charge on any atom is -0.379 e. The third kappa shape index (κ3) is 4.77. The number of nitrogens with one attached hydrogen (secondary N) is 1. The van der Waals surface area contributed by atoms with E-state index in [0.29, 0.717) is 0 Å². The summed E-state index contributed by atoms with van der Waals surface area (Å²) in [5, 5.41) is 3.50. The fraction of sp³-hybridized carbons (Fsp3) is 0.600. The molecule has 0 saturated carbocycles. The Labute approximate surface area is 110 Å². The summed E-state index contributed by atoms with van der Waals surface area (Å²) >= 11 is 0. The highest BCUT2D eigenvalue weighted by molar-refractivity contribution is 5.20. The largest absolute Gasteiger partial charge is 0.379 e. The molecule has 0 aliphatic carbocycles. The number of ether oxygens (including phenoxy) is 1. The van der Waals surface area contributed by atoms with Crippen molar-refractivity contribution in [3.63, 3.8) is 0 Å². The van der Waals surface area contributed by atoms with Gasteiger partial charge >= 0.3 is 0 Å². The number of hydrogen-bond acceptors (Lipinski definition) is 3. The van der Waals surface area contributed by atoms with Crippen LogP contribution in [0.1, 0.15) is 17.5 Å². The van der Waals surface area contributed by atoms with Crippen LogP contribution < -0.4 is 5.32 Å². The predicted octanol–water partition coefficient (Wildman–Crippen LogP) is 1.81. The van der Waals surface area contributed by atoms with Gasteiger partial charge in [0, 0.05) is 19.6 Å². The number of rotatable bonds is 6. The molecular weight excluding hydrogens is 224 g/mol. The molecule has 1 aliphatic rings. The van der Waals surface area contributed by atoms with E-state index in [1.54, 1.807) is 0 Å². The van der Waals surface area contributed by atoms with E-state index < -0.39 is 0 Å². The summed E-state index contributed by atoms with van der Waals surface area (Å²) in [7, 11) is 0. The summed E-state index contributed by atoms with van der Waals surface area (Å²) in [6, 6.07) is 8.74. The first kappa shape index (κ1) is 13.5. The molecule has 1 aromatic carbocycles. The molecule has 1 aromatic rings. The van der Waals surface area contributed by atoms with Crippen LogP contribution >= 0.6 is 0 Å². The molecule has 3 nitrogen and oxygen atoms in total. The van der Waals surface area contributed by atoms with Crippen molar-refractivity contribution in [1.29, 1.82) is 0 Å². The molecule has 0 bridgehead atoms. The summed E-state index contributed by atoms with van der Waals surface area (Å²) in [6.45, 7) is 9.36. The quantitative estimate of drug-likeness (QED) is 0.777. The van der Waals surface area contributed by atoms with Gasteiger partial charge in [-0.2, -0.15) is 0 Å². The third-order valence-corrected chi connectivity index (χ3v) is 3.38. The van der Waals surface area contributed by atoms with Crippen LogP contribution in [-0.2, 0) is 11.3 Å². The van der Waals surface area contributed by atoms with Gasteiger partial charge in [-0.05, 0) is 32.0 Å². The average Bonchev–Trinajstić information content (AvgIpc) is 2.42. The Morgan fingerprint density at radius 1 is 1.17 bits per heavy atom. The highest BCUT2D eigenvalue weighted by atomic mass is 16.5. The molecule has 3 heteroatoms. The van der Waals surface area contributed by atoms with E-state index in [0.717, 1.165) is 39.4 Å². The number of morpholine rings is 1. The Kier molecular flexibility index (Phi) is 5.65. The fourth-order valence-electron chi connectivity index (χ4n) is 2.19. The second-order valence-electron chi connectivity index (χ2n) is 4.97. The maximum Gasteiger partial charge on any atom is 0.0594 e. The molecule has 100 valence electrons. The first-order valence-corrected chi connectivity index (χ1v) is 6.91. The van der Waals surface area contributed by atoms with E-state index in [-0.39, 0.29) is 0 Å². The first-order chi connectivity index (χ1) is 8.84. The lowest BCUT2D eigenvalue weighted by Crippen LogP contribution is -2.37. The van der Waals surface area contributed by atoms with Gasteiger partial charge in [0.05, 0.1) is 13.2 Å². The molecule has 1 fully saturated rings. The minimum absolute atomic E-state index is 0.900. The van der Waals surface area contributed by atoms with Gasteiger partial charge < -0.3 is 10.1 Å². The lowest BCUT2D eigenvalue weighted by atomic mass is 10.1. The van der Waals surface area contributed by atoms with Crippen molar-refractivity contribution in [2.75, 3.05) is 39.4 Å². The Morgan fingerprint density at radius 3 is 2.61 bits per heavy atom. The minimum atomic E-state index is 0.900. The normalized spacial score (nSPS) is 16.9. The smallest absolute Gasteiger partial charge is 0.0594 e. The van der Waals surface area contributed by atoms with Crippen LogP contribution in [0.25, 0.3) is 0 Å². The number of nitrogens with zero attached hydrogens (tertiary/aromatic N) is 1. The van der Waals surface area contributed by atoms with Crippen LogP contribution in [0, 0.1) is 6.92 Å². The summed E-state index contributed by atoms with van der Waals surface area (Å²) in [6.07, 6.45) is 1.21. The van der Waals surface area contributed by atoms with Crippen molar-refractivity contribution in [2.24, 2.45) is 0 Å². The lowest BCUT2D eigenvalue weighted by Gasteiger charge is -2.26. The van der Waals surface area contributed by atoms with E-state index in [9.17, 15) is 0 Å². The van der Waals surface area contributed by atoms with Crippen molar-refractivity contribution in [1.82, 2.24) is 10.2 Å². The van der Waals surface area contributed by atoms with Crippen LogP contribution in [0.4, 0.5) is 0 Å². The molecule has 0 unspecified atom stereocenters. The van der Waals surface area contributed by atoms with E-state index >= 15 is 0 Å². The van der Waals surface area contributed by atoms with Gasteiger partial charge in [-0.3, -0.25) is 4.90 Å². The molecule has 0 radical (unpaired) electrons. The van der Waals surface area contributed by atoms with Crippen LogP contribution in [-0.4, -0.2) is 44.3 Å².